The van der Waals surface area contributed by atoms with Crippen molar-refractivity contribution in [3.05, 3.63) is 147 Å². The largest absolute Gasteiger partial charge is 0.505 e. The van der Waals surface area contributed by atoms with Crippen molar-refractivity contribution in [1.82, 2.24) is 9.21 Å². The fourth-order valence-corrected chi connectivity index (χ4v) is 7.87. The van der Waals surface area contributed by atoms with Gasteiger partial charge in [0.2, 0.25) is 10.0 Å². The predicted octanol–water partition coefficient (Wildman–Crippen LogP) is 9.89. The fourth-order valence-electron chi connectivity index (χ4n) is 5.71. The first-order chi connectivity index (χ1) is 24.6. The average molecular weight is 771 g/mol. The van der Waals surface area contributed by atoms with Crippen LogP contribution >= 0.6 is 23.2 Å². The van der Waals surface area contributed by atoms with Gasteiger partial charge in [-0.15, -0.1) is 0 Å². The van der Waals surface area contributed by atoms with E-state index in [-0.39, 0.29) is 47.1 Å². The molecule has 0 saturated carbocycles. The summed E-state index contributed by atoms with van der Waals surface area (Å²) in [6.07, 6.45) is 0. The zero-order chi connectivity index (χ0) is 37.7. The molecule has 272 valence electrons. The number of aromatic hydroxyl groups is 1. The summed E-state index contributed by atoms with van der Waals surface area (Å²) in [7, 11) is -3.05. The van der Waals surface area contributed by atoms with Crippen LogP contribution < -0.4 is 4.90 Å². The number of benzene rings is 5. The number of phenolic OH excluding ortho intramolecular Hbond substituents is 1. The molecule has 52 heavy (non-hydrogen) atoms. The number of halogens is 5. The highest BCUT2D eigenvalue weighted by atomic mass is 35.5. The maximum atomic E-state index is 14.6. The van der Waals surface area contributed by atoms with Gasteiger partial charge in [-0.3, -0.25) is 4.90 Å². The van der Waals surface area contributed by atoms with Crippen molar-refractivity contribution in [3.8, 4) is 16.9 Å². The summed E-state index contributed by atoms with van der Waals surface area (Å²) in [5.41, 5.74) is 3.23. The van der Waals surface area contributed by atoms with Crippen molar-refractivity contribution >= 4 is 44.9 Å². The van der Waals surface area contributed by atoms with Crippen LogP contribution in [0.5, 0.6) is 5.75 Å². The number of amides is 2. The van der Waals surface area contributed by atoms with Gasteiger partial charge >= 0.3 is 6.03 Å². The zero-order valence-electron chi connectivity index (χ0n) is 28.5. The Bertz CT molecular complexity index is 2170. The van der Waals surface area contributed by atoms with Crippen molar-refractivity contribution in [1.29, 1.82) is 0 Å². The molecule has 0 aliphatic heterocycles. The van der Waals surface area contributed by atoms with Crippen LogP contribution in [0.2, 0.25) is 10.0 Å². The normalized spacial score (nSPS) is 11.7. The summed E-state index contributed by atoms with van der Waals surface area (Å²) in [4.78, 5) is 15.7. The van der Waals surface area contributed by atoms with Gasteiger partial charge in [0.15, 0.2) is 5.75 Å². The molecule has 2 amide bonds. The lowest BCUT2D eigenvalue weighted by Crippen LogP contribution is -2.43. The molecule has 0 atom stereocenters. The van der Waals surface area contributed by atoms with Crippen molar-refractivity contribution < 1.29 is 31.5 Å². The third-order valence-corrected chi connectivity index (χ3v) is 10.5. The van der Waals surface area contributed by atoms with Crippen molar-refractivity contribution in [2.45, 2.75) is 38.4 Å². The molecule has 0 unspecified atom stereocenters. The molecule has 0 aliphatic carbocycles. The van der Waals surface area contributed by atoms with Crippen LogP contribution in [-0.2, 0) is 29.7 Å². The summed E-state index contributed by atoms with van der Waals surface area (Å²) >= 11 is 12.3. The smallest absolute Gasteiger partial charge is 0.324 e. The van der Waals surface area contributed by atoms with E-state index in [1.807, 2.05) is 13.8 Å². The Balaban J connectivity index is 1.46. The van der Waals surface area contributed by atoms with E-state index in [9.17, 15) is 31.5 Å². The lowest BCUT2D eigenvalue weighted by Gasteiger charge is -2.30. The Morgan fingerprint density at radius 1 is 0.750 bits per heavy atom. The molecular weight excluding hydrogens is 734 g/mol. The van der Waals surface area contributed by atoms with Gasteiger partial charge in [0.05, 0.1) is 10.7 Å². The predicted molar refractivity (Wildman–Crippen MR) is 198 cm³/mol. The number of urea groups is 1. The first-order valence-electron chi connectivity index (χ1n) is 16.2. The SMILES string of the molecule is CC(C)CN(Cc1cccc(CN(Cc2ccc(-c3ccc(F)cc3)cc2)S(=O)(=O)c2cc(Cl)cc(Cl)c2O)c1)C(=O)N(C)c1cc(F)ccc1F. The number of sulfonamides is 1. The van der Waals surface area contributed by atoms with Gasteiger partial charge in [-0.2, -0.15) is 4.31 Å². The molecule has 1 N–H and O–H groups in total. The molecule has 0 fully saturated rings. The van der Waals surface area contributed by atoms with E-state index in [1.165, 1.54) is 34.5 Å². The number of carbonyl (C=O) groups excluding carboxylic acids is 1. The molecule has 0 bridgehead atoms. The number of phenols is 1. The minimum absolute atomic E-state index is 0.0185. The lowest BCUT2D eigenvalue weighted by atomic mass is 10.0. The van der Waals surface area contributed by atoms with Crippen LogP contribution in [0, 0.1) is 23.4 Å². The number of carbonyl (C=O) groups is 1. The van der Waals surface area contributed by atoms with Crippen molar-refractivity contribution in [2.75, 3.05) is 18.5 Å². The molecule has 13 heteroatoms. The van der Waals surface area contributed by atoms with Gasteiger partial charge in [-0.25, -0.2) is 26.4 Å². The third-order valence-electron chi connectivity index (χ3n) is 8.24. The molecule has 0 aromatic heterocycles. The average Bonchev–Trinajstić information content (AvgIpc) is 3.10. The second-order valence-corrected chi connectivity index (χ2v) is 15.5. The first-order valence-corrected chi connectivity index (χ1v) is 18.4. The Labute approximate surface area is 311 Å². The minimum atomic E-state index is -4.42. The number of anilines is 1. The van der Waals surface area contributed by atoms with Gasteiger partial charge in [0, 0.05) is 44.3 Å². The molecule has 5 aromatic rings. The summed E-state index contributed by atoms with van der Waals surface area (Å²) in [5, 5.41) is 10.5. The molecule has 0 saturated heterocycles. The van der Waals surface area contributed by atoms with Crippen LogP contribution in [-0.4, -0.2) is 42.4 Å². The zero-order valence-corrected chi connectivity index (χ0v) is 30.9. The van der Waals surface area contributed by atoms with E-state index >= 15 is 0 Å². The molecule has 0 heterocycles. The topological polar surface area (TPSA) is 81.2 Å². The molecule has 7 nitrogen and oxygen atoms in total. The van der Waals surface area contributed by atoms with Crippen LogP contribution in [0.4, 0.5) is 23.7 Å². The standard InChI is InChI=1S/C39H36Cl2F3N3O4S/c1-25(2)21-46(39(49)45(3)36-20-33(43)15-16-35(36)44)22-27-5-4-6-28(17-27)24-47(52(50,51)37-19-31(40)18-34(41)38(37)48)23-26-7-9-29(10-8-26)30-11-13-32(42)14-12-30/h4-20,25,48H,21-24H2,1-3H3. The number of nitrogens with zero attached hydrogens (tertiary/aromatic N) is 3. The fraction of sp³-hybridized carbons (Fsp3) is 0.205. The van der Waals surface area contributed by atoms with Crippen LogP contribution in [0.3, 0.4) is 0 Å². The highest BCUT2D eigenvalue weighted by Gasteiger charge is 2.30. The number of hydrogen-bond acceptors (Lipinski definition) is 4. The Hall–Kier alpha value is -4.55. The maximum absolute atomic E-state index is 14.6. The summed E-state index contributed by atoms with van der Waals surface area (Å²) < 4.78 is 71.6. The summed E-state index contributed by atoms with van der Waals surface area (Å²) in [6.45, 7) is 3.98. The Kier molecular flexibility index (Phi) is 12.2. The first kappa shape index (κ1) is 38.7. The monoisotopic (exact) mass is 769 g/mol. The van der Waals surface area contributed by atoms with E-state index in [1.54, 1.807) is 60.7 Å². The van der Waals surface area contributed by atoms with Gasteiger partial charge in [-0.1, -0.05) is 97.7 Å². The van der Waals surface area contributed by atoms with Gasteiger partial charge < -0.3 is 10.0 Å². The maximum Gasteiger partial charge on any atom is 0.324 e. The molecule has 0 spiro atoms. The lowest BCUT2D eigenvalue weighted by molar-refractivity contribution is 0.195. The molecule has 0 aliphatic rings. The molecular formula is C39H36Cl2F3N3O4S. The van der Waals surface area contributed by atoms with E-state index in [2.05, 4.69) is 0 Å². The van der Waals surface area contributed by atoms with Gasteiger partial charge in [0.25, 0.3) is 0 Å². The van der Waals surface area contributed by atoms with Crippen LogP contribution in [0.15, 0.2) is 108 Å². The summed E-state index contributed by atoms with van der Waals surface area (Å²) in [5.74, 6) is -2.40. The molecule has 5 aromatic carbocycles. The number of hydrogen-bond donors (Lipinski definition) is 1. The highest BCUT2D eigenvalue weighted by Crippen LogP contribution is 2.37. The molecule has 0 radical (unpaired) electrons. The van der Waals surface area contributed by atoms with E-state index < -0.39 is 38.3 Å². The van der Waals surface area contributed by atoms with Crippen LogP contribution in [0.1, 0.15) is 30.5 Å². The van der Waals surface area contributed by atoms with E-state index in [4.69, 9.17) is 23.2 Å². The quantitative estimate of drug-likeness (QED) is 0.137. The van der Waals surface area contributed by atoms with Gasteiger partial charge in [0.1, 0.15) is 22.3 Å². The third kappa shape index (κ3) is 9.27. The molecule has 5 rings (SSSR count). The summed E-state index contributed by atoms with van der Waals surface area (Å²) in [6, 6.07) is 24.8. The van der Waals surface area contributed by atoms with Crippen molar-refractivity contribution in [2.24, 2.45) is 5.92 Å². The minimum Gasteiger partial charge on any atom is -0.505 e. The van der Waals surface area contributed by atoms with E-state index in [0.717, 1.165) is 40.3 Å². The Morgan fingerprint density at radius 3 is 1.96 bits per heavy atom. The Morgan fingerprint density at radius 2 is 1.33 bits per heavy atom. The van der Waals surface area contributed by atoms with Crippen molar-refractivity contribution in [3.63, 3.8) is 0 Å². The second kappa shape index (κ2) is 16.4. The highest BCUT2D eigenvalue weighted by molar-refractivity contribution is 7.89. The van der Waals surface area contributed by atoms with E-state index in [0.29, 0.717) is 23.2 Å². The number of rotatable bonds is 12. The van der Waals surface area contributed by atoms with Gasteiger partial charge in [-0.05, 0) is 70.1 Å². The van der Waals surface area contributed by atoms with Crippen LogP contribution in [0.25, 0.3) is 11.1 Å². The second-order valence-electron chi connectivity index (χ2n) is 12.7.